The molecular weight excluding hydrogens is 535 g/mol. The summed E-state index contributed by atoms with van der Waals surface area (Å²) >= 11 is 0. The third-order valence-corrected chi connectivity index (χ3v) is 4.23. The number of para-hydroxylation sites is 1. The van der Waals surface area contributed by atoms with Crippen molar-refractivity contribution < 1.29 is 27.7 Å². The van der Waals surface area contributed by atoms with E-state index in [0.717, 1.165) is 5.56 Å². The molecule has 0 unspecified atom stereocenters. The predicted octanol–water partition coefficient (Wildman–Crippen LogP) is 4.58. The average molecular weight is 565 g/mol. The number of halogens is 3. The van der Waals surface area contributed by atoms with Crippen LogP contribution in [0, 0.1) is 0 Å². The molecule has 0 radical (unpaired) electrons. The van der Waals surface area contributed by atoms with Crippen LogP contribution in [0.3, 0.4) is 0 Å². The Morgan fingerprint density at radius 3 is 2.38 bits per heavy atom. The summed E-state index contributed by atoms with van der Waals surface area (Å²) in [4.78, 5) is 4.56. The van der Waals surface area contributed by atoms with Crippen LogP contribution in [0.1, 0.15) is 25.0 Å². The molecule has 2 rings (SSSR count). The fourth-order valence-electron chi connectivity index (χ4n) is 2.86. The third-order valence-electron chi connectivity index (χ3n) is 4.23. The number of rotatable bonds is 11. The number of nitrogens with zero attached hydrogens (tertiary/aromatic N) is 1. The molecule has 10 heteroatoms. The van der Waals surface area contributed by atoms with Gasteiger partial charge < -0.3 is 29.6 Å². The van der Waals surface area contributed by atoms with E-state index in [1.54, 1.807) is 39.3 Å². The number of guanidine groups is 1. The lowest BCUT2D eigenvalue weighted by Crippen LogP contribution is -2.36. The lowest BCUT2D eigenvalue weighted by molar-refractivity contribution is -0.0520. The molecule has 0 amide bonds. The van der Waals surface area contributed by atoms with Gasteiger partial charge in [-0.05, 0) is 37.6 Å². The standard InChI is InChI=1S/C22H29F2N3O4.HI/c1-5-25-22(26-13-15-10-11-17(28-3)19(12-15)29-4)27-14-16-8-7-9-18(30-6-2)20(16)31-21(23)24;/h7-12,21H,5-6,13-14H2,1-4H3,(H2,25,26,27);1H. The van der Waals surface area contributed by atoms with Gasteiger partial charge in [0, 0.05) is 18.7 Å². The summed E-state index contributed by atoms with van der Waals surface area (Å²) in [6.45, 7) is 2.35. The topological polar surface area (TPSA) is 73.3 Å². The molecule has 0 heterocycles. The molecule has 0 aliphatic carbocycles. The molecule has 2 aromatic carbocycles. The minimum absolute atomic E-state index is 0. The first kappa shape index (κ1) is 27.5. The molecule has 0 aliphatic heterocycles. The molecule has 0 spiro atoms. The summed E-state index contributed by atoms with van der Waals surface area (Å²) in [5.41, 5.74) is 1.46. The van der Waals surface area contributed by atoms with Crippen LogP contribution in [0.2, 0.25) is 0 Å². The number of alkyl halides is 2. The Kier molecular flexibility index (Phi) is 12.5. The minimum Gasteiger partial charge on any atom is -0.493 e. The van der Waals surface area contributed by atoms with E-state index in [1.165, 1.54) is 0 Å². The Labute approximate surface area is 204 Å². The van der Waals surface area contributed by atoms with E-state index >= 15 is 0 Å². The number of hydrogen-bond donors (Lipinski definition) is 2. The Morgan fingerprint density at radius 2 is 1.75 bits per heavy atom. The molecular formula is C22H30F2IN3O4. The summed E-state index contributed by atoms with van der Waals surface area (Å²) in [5, 5.41) is 6.28. The van der Waals surface area contributed by atoms with Crippen molar-refractivity contribution in [1.82, 2.24) is 10.6 Å². The first-order valence-corrected chi connectivity index (χ1v) is 9.94. The third kappa shape index (κ3) is 8.21. The van der Waals surface area contributed by atoms with Crippen LogP contribution in [0.4, 0.5) is 8.78 Å². The molecule has 0 atom stereocenters. The molecule has 0 aromatic heterocycles. The lowest BCUT2D eigenvalue weighted by atomic mass is 10.2. The van der Waals surface area contributed by atoms with Crippen molar-refractivity contribution in [3.63, 3.8) is 0 Å². The Hall–Kier alpha value is -2.50. The summed E-state index contributed by atoms with van der Waals surface area (Å²) in [6, 6.07) is 10.6. The maximum Gasteiger partial charge on any atom is 0.387 e. The zero-order valence-corrected chi connectivity index (χ0v) is 20.9. The number of aliphatic imine (C=N–C) groups is 1. The van der Waals surface area contributed by atoms with Gasteiger partial charge in [0.15, 0.2) is 29.0 Å². The second-order valence-corrected chi connectivity index (χ2v) is 6.29. The molecule has 32 heavy (non-hydrogen) atoms. The van der Waals surface area contributed by atoms with Crippen molar-refractivity contribution in [2.45, 2.75) is 33.5 Å². The Bertz CT molecular complexity index is 869. The molecule has 0 saturated carbocycles. The number of nitrogens with one attached hydrogen (secondary N) is 2. The van der Waals surface area contributed by atoms with E-state index in [9.17, 15) is 8.78 Å². The van der Waals surface area contributed by atoms with Gasteiger partial charge in [-0.3, -0.25) is 0 Å². The van der Waals surface area contributed by atoms with Gasteiger partial charge in [-0.1, -0.05) is 18.2 Å². The smallest absolute Gasteiger partial charge is 0.387 e. The van der Waals surface area contributed by atoms with Crippen molar-refractivity contribution in [3.05, 3.63) is 47.5 Å². The average Bonchev–Trinajstić information content (AvgIpc) is 2.77. The second-order valence-electron chi connectivity index (χ2n) is 6.29. The zero-order chi connectivity index (χ0) is 22.6. The summed E-state index contributed by atoms with van der Waals surface area (Å²) in [6.07, 6.45) is 0. The van der Waals surface area contributed by atoms with Crippen molar-refractivity contribution in [1.29, 1.82) is 0 Å². The molecule has 0 aliphatic rings. The molecule has 0 saturated heterocycles. The van der Waals surface area contributed by atoms with Crippen molar-refractivity contribution in [2.24, 2.45) is 4.99 Å². The van der Waals surface area contributed by atoms with E-state index < -0.39 is 6.61 Å². The van der Waals surface area contributed by atoms with Crippen molar-refractivity contribution >= 4 is 29.9 Å². The maximum absolute atomic E-state index is 12.9. The van der Waals surface area contributed by atoms with Gasteiger partial charge in [-0.25, -0.2) is 4.99 Å². The fraction of sp³-hybridized carbons (Fsp3) is 0.409. The number of hydrogen-bond acceptors (Lipinski definition) is 5. The lowest BCUT2D eigenvalue weighted by Gasteiger charge is -2.17. The van der Waals surface area contributed by atoms with E-state index in [2.05, 4.69) is 15.6 Å². The largest absolute Gasteiger partial charge is 0.493 e. The van der Waals surface area contributed by atoms with Crippen LogP contribution in [0.25, 0.3) is 0 Å². The number of methoxy groups -OCH3 is 2. The molecule has 2 aromatic rings. The highest BCUT2D eigenvalue weighted by atomic mass is 127. The van der Waals surface area contributed by atoms with E-state index in [-0.39, 0.29) is 42.0 Å². The quantitative estimate of drug-likeness (QED) is 0.236. The van der Waals surface area contributed by atoms with Crippen LogP contribution in [-0.2, 0) is 13.1 Å². The van der Waals surface area contributed by atoms with Crippen LogP contribution in [0.15, 0.2) is 41.4 Å². The van der Waals surface area contributed by atoms with Gasteiger partial charge in [0.05, 0.1) is 27.4 Å². The Morgan fingerprint density at radius 1 is 1.00 bits per heavy atom. The van der Waals surface area contributed by atoms with Crippen molar-refractivity contribution in [2.75, 3.05) is 27.4 Å². The molecule has 178 valence electrons. The van der Waals surface area contributed by atoms with Crippen molar-refractivity contribution in [3.8, 4) is 23.0 Å². The first-order chi connectivity index (χ1) is 15.0. The minimum atomic E-state index is -2.95. The van der Waals surface area contributed by atoms with Crippen LogP contribution in [0.5, 0.6) is 23.0 Å². The normalized spacial score (nSPS) is 10.9. The number of benzene rings is 2. The van der Waals surface area contributed by atoms with Gasteiger partial charge in [0.1, 0.15) is 0 Å². The van der Waals surface area contributed by atoms with Gasteiger partial charge in [0.2, 0.25) is 0 Å². The van der Waals surface area contributed by atoms with Gasteiger partial charge in [-0.15, -0.1) is 24.0 Å². The van der Waals surface area contributed by atoms with E-state index in [1.807, 2.05) is 25.1 Å². The highest BCUT2D eigenvalue weighted by Gasteiger charge is 2.16. The summed E-state index contributed by atoms with van der Waals surface area (Å²) in [7, 11) is 3.15. The van der Waals surface area contributed by atoms with Crippen LogP contribution in [-0.4, -0.2) is 39.9 Å². The van der Waals surface area contributed by atoms with Crippen LogP contribution >= 0.6 is 24.0 Å². The molecule has 7 nitrogen and oxygen atoms in total. The first-order valence-electron chi connectivity index (χ1n) is 9.94. The highest BCUT2D eigenvalue weighted by molar-refractivity contribution is 14.0. The highest BCUT2D eigenvalue weighted by Crippen LogP contribution is 2.33. The SMILES string of the molecule is CCNC(=NCc1ccc(OC)c(OC)c1)NCc1cccc(OCC)c1OC(F)F.I. The molecule has 0 fully saturated rings. The monoisotopic (exact) mass is 565 g/mol. The predicted molar refractivity (Wildman–Crippen MR) is 131 cm³/mol. The zero-order valence-electron chi connectivity index (χ0n) is 18.6. The summed E-state index contributed by atoms with van der Waals surface area (Å²) in [5.74, 6) is 2.08. The van der Waals surface area contributed by atoms with Gasteiger partial charge in [0.25, 0.3) is 0 Å². The Balaban J connectivity index is 0.00000512. The molecule has 2 N–H and O–H groups in total. The van der Waals surface area contributed by atoms with E-state index in [4.69, 9.17) is 18.9 Å². The second kappa shape index (κ2) is 14.5. The number of ether oxygens (including phenoxy) is 4. The fourth-order valence-corrected chi connectivity index (χ4v) is 2.86. The molecule has 0 bridgehead atoms. The summed E-state index contributed by atoms with van der Waals surface area (Å²) < 4.78 is 46.5. The van der Waals surface area contributed by atoms with Gasteiger partial charge >= 0.3 is 6.61 Å². The van der Waals surface area contributed by atoms with E-state index in [0.29, 0.717) is 42.7 Å². The van der Waals surface area contributed by atoms with Crippen LogP contribution < -0.4 is 29.6 Å². The van der Waals surface area contributed by atoms with Gasteiger partial charge in [-0.2, -0.15) is 8.78 Å². The maximum atomic E-state index is 12.9.